The van der Waals surface area contributed by atoms with Gasteiger partial charge < -0.3 is 4.74 Å². The summed E-state index contributed by atoms with van der Waals surface area (Å²) in [5.74, 6) is -1.29. The molecule has 0 heterocycles. The Hall–Kier alpha value is -0.940. The van der Waals surface area contributed by atoms with Crippen molar-refractivity contribution in [3.05, 3.63) is 0 Å². The lowest BCUT2D eigenvalue weighted by Crippen LogP contribution is -2.42. The van der Waals surface area contributed by atoms with Gasteiger partial charge in [-0.3, -0.25) is 10.1 Å². The summed E-state index contributed by atoms with van der Waals surface area (Å²) in [5, 5.41) is 8.98. The molecule has 0 bridgehead atoms. The Balaban J connectivity index is 2.88. The predicted molar refractivity (Wildman–Crippen MR) is 69.4 cm³/mol. The van der Waals surface area contributed by atoms with Crippen molar-refractivity contribution < 1.29 is 24.5 Å². The predicted octanol–water partition coefficient (Wildman–Crippen LogP) is 2.30. The number of carbonyl (C=O) groups excluding carboxylic acids is 2. The van der Waals surface area contributed by atoms with E-state index in [1.54, 1.807) is 0 Å². The van der Waals surface area contributed by atoms with Crippen molar-refractivity contribution >= 4 is 11.8 Å². The number of carbonyl (C=O) groups is 2. The van der Waals surface area contributed by atoms with Gasteiger partial charge in [-0.2, -0.15) is 0 Å². The fraction of sp³-hybridized carbons (Fsp3) is 0.857. The van der Waals surface area contributed by atoms with Crippen molar-refractivity contribution in [2.75, 3.05) is 7.11 Å². The van der Waals surface area contributed by atoms with E-state index < -0.39 is 17.9 Å². The van der Waals surface area contributed by atoms with Crippen LogP contribution in [0.25, 0.3) is 0 Å². The second kappa shape index (κ2) is 6.01. The molecule has 0 aromatic carbocycles. The minimum absolute atomic E-state index is 0.0482. The van der Waals surface area contributed by atoms with E-state index in [2.05, 4.69) is 30.4 Å². The quantitative estimate of drug-likeness (QED) is 0.360. The van der Waals surface area contributed by atoms with Crippen LogP contribution >= 0.6 is 0 Å². The SMILES string of the molecule is COC(=O)C(=O)C(OO)[C@@H](C)[C@H]1CC[C@@H](C)C1(C)C. The van der Waals surface area contributed by atoms with E-state index in [0.717, 1.165) is 20.0 Å². The average Bonchev–Trinajstić information content (AvgIpc) is 2.63. The monoisotopic (exact) mass is 272 g/mol. The Morgan fingerprint density at radius 1 is 1.32 bits per heavy atom. The number of esters is 1. The fourth-order valence-electron chi connectivity index (χ4n) is 3.29. The number of rotatable bonds is 5. The summed E-state index contributed by atoms with van der Waals surface area (Å²) in [5.41, 5.74) is 0.0482. The van der Waals surface area contributed by atoms with E-state index in [-0.39, 0.29) is 17.3 Å². The zero-order chi connectivity index (χ0) is 14.8. The lowest BCUT2D eigenvalue weighted by molar-refractivity contribution is -0.284. The van der Waals surface area contributed by atoms with Gasteiger partial charge in [-0.1, -0.05) is 27.7 Å². The molecular weight excluding hydrogens is 248 g/mol. The van der Waals surface area contributed by atoms with Crippen LogP contribution in [0.3, 0.4) is 0 Å². The van der Waals surface area contributed by atoms with E-state index in [1.165, 1.54) is 0 Å². The van der Waals surface area contributed by atoms with Crippen LogP contribution < -0.4 is 0 Å². The summed E-state index contributed by atoms with van der Waals surface area (Å²) < 4.78 is 4.40. The Kier molecular flexibility index (Phi) is 5.10. The van der Waals surface area contributed by atoms with Gasteiger partial charge in [0, 0.05) is 0 Å². The number of methoxy groups -OCH3 is 1. The third-order valence-electron chi connectivity index (χ3n) is 5.01. The number of ether oxygens (including phenoxy) is 1. The molecule has 0 spiro atoms. The summed E-state index contributed by atoms with van der Waals surface area (Å²) in [6.07, 6.45) is 0.887. The first-order valence-corrected chi connectivity index (χ1v) is 6.69. The van der Waals surface area contributed by atoms with Gasteiger partial charge in [-0.25, -0.2) is 9.68 Å². The molecule has 0 radical (unpaired) electrons. The van der Waals surface area contributed by atoms with Crippen LogP contribution in [0.4, 0.5) is 0 Å². The molecule has 1 unspecified atom stereocenters. The lowest BCUT2D eigenvalue weighted by atomic mass is 9.69. The number of ketones is 1. The van der Waals surface area contributed by atoms with Crippen LogP contribution in [0.5, 0.6) is 0 Å². The molecule has 1 fully saturated rings. The highest BCUT2D eigenvalue weighted by molar-refractivity contribution is 6.35. The van der Waals surface area contributed by atoms with E-state index in [4.69, 9.17) is 5.26 Å². The Bertz CT molecular complexity index is 350. The highest BCUT2D eigenvalue weighted by Crippen LogP contribution is 2.51. The second-order valence-corrected chi connectivity index (χ2v) is 6.15. The van der Waals surface area contributed by atoms with Gasteiger partial charge in [0.15, 0.2) is 6.10 Å². The Morgan fingerprint density at radius 3 is 2.26 bits per heavy atom. The molecule has 1 N–H and O–H groups in total. The molecule has 0 aromatic heterocycles. The summed E-state index contributed by atoms with van der Waals surface area (Å²) in [7, 11) is 1.14. The summed E-state index contributed by atoms with van der Waals surface area (Å²) in [6.45, 7) is 8.33. The minimum atomic E-state index is -1.15. The maximum Gasteiger partial charge on any atom is 0.377 e. The zero-order valence-corrected chi connectivity index (χ0v) is 12.3. The molecule has 19 heavy (non-hydrogen) atoms. The highest BCUT2D eigenvalue weighted by atomic mass is 17.1. The van der Waals surface area contributed by atoms with Gasteiger partial charge in [-0.15, -0.1) is 0 Å². The normalized spacial score (nSPS) is 28.7. The van der Waals surface area contributed by atoms with Gasteiger partial charge in [-0.05, 0) is 36.0 Å². The molecule has 1 rings (SSSR count). The first-order chi connectivity index (χ1) is 8.77. The first kappa shape index (κ1) is 16.1. The van der Waals surface area contributed by atoms with Crippen molar-refractivity contribution in [1.29, 1.82) is 0 Å². The summed E-state index contributed by atoms with van der Waals surface area (Å²) in [4.78, 5) is 27.4. The van der Waals surface area contributed by atoms with E-state index in [1.807, 2.05) is 6.92 Å². The molecule has 1 aliphatic carbocycles. The molecular formula is C14H24O5. The van der Waals surface area contributed by atoms with Crippen LogP contribution in [0.2, 0.25) is 0 Å². The summed E-state index contributed by atoms with van der Waals surface area (Å²) in [6, 6.07) is 0. The van der Waals surface area contributed by atoms with Gasteiger partial charge in [0.2, 0.25) is 0 Å². The molecule has 1 saturated carbocycles. The molecule has 0 aromatic rings. The molecule has 5 nitrogen and oxygen atoms in total. The largest absolute Gasteiger partial charge is 0.463 e. The number of hydrogen-bond acceptors (Lipinski definition) is 5. The van der Waals surface area contributed by atoms with Gasteiger partial charge in [0.25, 0.3) is 5.78 Å². The number of Topliss-reactive ketones (excluding diaryl/α,β-unsaturated/α-hetero) is 1. The van der Waals surface area contributed by atoms with Crippen LogP contribution in [0.1, 0.15) is 40.5 Å². The van der Waals surface area contributed by atoms with Crippen molar-refractivity contribution in [2.45, 2.75) is 46.6 Å². The van der Waals surface area contributed by atoms with Crippen LogP contribution in [0, 0.1) is 23.2 Å². The van der Waals surface area contributed by atoms with Gasteiger partial charge >= 0.3 is 5.97 Å². The van der Waals surface area contributed by atoms with Crippen LogP contribution in [0.15, 0.2) is 0 Å². The number of hydrogen-bond donors (Lipinski definition) is 1. The molecule has 5 heteroatoms. The maximum absolute atomic E-state index is 11.8. The second-order valence-electron chi connectivity index (χ2n) is 6.15. The van der Waals surface area contributed by atoms with Crippen molar-refractivity contribution in [1.82, 2.24) is 0 Å². The van der Waals surface area contributed by atoms with Crippen molar-refractivity contribution in [3.63, 3.8) is 0 Å². The molecule has 0 aliphatic heterocycles. The Labute approximate surface area is 114 Å². The fourth-order valence-corrected chi connectivity index (χ4v) is 3.29. The zero-order valence-electron chi connectivity index (χ0n) is 12.3. The molecule has 1 aliphatic rings. The Morgan fingerprint density at radius 2 is 1.89 bits per heavy atom. The van der Waals surface area contributed by atoms with Crippen LogP contribution in [-0.4, -0.2) is 30.2 Å². The molecule has 0 amide bonds. The standard InChI is InChI=1S/C14H24O5/c1-8-6-7-10(14(8,3)4)9(2)12(19-17)11(15)13(16)18-5/h8-10,12,17H,6-7H2,1-5H3/t8-,9+,10-,12?/m1/s1. The third-order valence-corrected chi connectivity index (χ3v) is 5.01. The summed E-state index contributed by atoms with van der Waals surface area (Å²) >= 11 is 0. The van der Waals surface area contributed by atoms with Crippen molar-refractivity contribution in [2.24, 2.45) is 23.2 Å². The highest BCUT2D eigenvalue weighted by Gasteiger charge is 2.47. The maximum atomic E-state index is 11.8. The molecule has 110 valence electrons. The van der Waals surface area contributed by atoms with E-state index >= 15 is 0 Å². The van der Waals surface area contributed by atoms with Gasteiger partial charge in [0.1, 0.15) is 0 Å². The van der Waals surface area contributed by atoms with Gasteiger partial charge in [0.05, 0.1) is 7.11 Å². The smallest absolute Gasteiger partial charge is 0.377 e. The third kappa shape index (κ3) is 2.98. The topological polar surface area (TPSA) is 72.8 Å². The van der Waals surface area contributed by atoms with Crippen LogP contribution in [-0.2, 0) is 19.2 Å². The lowest BCUT2D eigenvalue weighted by Gasteiger charge is -2.36. The minimum Gasteiger partial charge on any atom is -0.463 e. The molecule has 4 atom stereocenters. The average molecular weight is 272 g/mol. The first-order valence-electron chi connectivity index (χ1n) is 6.69. The van der Waals surface area contributed by atoms with E-state index in [0.29, 0.717) is 5.92 Å². The van der Waals surface area contributed by atoms with Crippen molar-refractivity contribution in [3.8, 4) is 0 Å². The van der Waals surface area contributed by atoms with E-state index in [9.17, 15) is 9.59 Å². The molecule has 0 saturated heterocycles.